The van der Waals surface area contributed by atoms with Crippen molar-refractivity contribution in [3.8, 4) is 28.5 Å². The number of aromatic nitrogens is 3. The number of H-pyrrole nitrogens is 1. The highest BCUT2D eigenvalue weighted by molar-refractivity contribution is 5.93. The molecule has 0 amide bonds. The molecule has 0 saturated carbocycles. The number of aromatic carboxylic acids is 1. The Morgan fingerprint density at radius 1 is 1.14 bits per heavy atom. The first-order valence-electron chi connectivity index (χ1n) is 8.56. The first-order chi connectivity index (χ1) is 13.7. The monoisotopic (exact) mass is 379 g/mol. The minimum absolute atomic E-state index is 0.217. The lowest BCUT2D eigenvalue weighted by Crippen LogP contribution is -2.03. The molecule has 0 unspecified atom stereocenters. The molecular weight excluding hydrogens is 362 g/mol. The minimum Gasteiger partial charge on any atom is -0.491 e. The average molecular weight is 379 g/mol. The number of hydrogen-bond acceptors (Lipinski definition) is 6. The number of aromatic amines is 1. The van der Waals surface area contributed by atoms with Gasteiger partial charge in [0.25, 0.3) is 0 Å². The SMILES string of the molecule is COCCOc1ccc2c(-c3cc(-c4ccc(C(=O)O)cc4)no3)n[nH]c2c1. The van der Waals surface area contributed by atoms with Crippen LogP contribution in [0.5, 0.6) is 5.75 Å². The molecule has 4 rings (SSSR count). The van der Waals surface area contributed by atoms with Crippen LogP contribution in [0.15, 0.2) is 53.1 Å². The topological polar surface area (TPSA) is 110 Å². The molecule has 0 atom stereocenters. The third kappa shape index (κ3) is 3.45. The number of carboxylic acid groups (broad SMARTS) is 1. The molecule has 0 bridgehead atoms. The molecule has 2 N–H and O–H groups in total. The molecule has 4 aromatic rings. The Bertz CT molecular complexity index is 1110. The second kappa shape index (κ2) is 7.53. The van der Waals surface area contributed by atoms with Crippen LogP contribution < -0.4 is 4.74 Å². The van der Waals surface area contributed by atoms with Crippen molar-refractivity contribution in [2.24, 2.45) is 0 Å². The molecule has 0 spiro atoms. The Morgan fingerprint density at radius 2 is 1.96 bits per heavy atom. The van der Waals surface area contributed by atoms with E-state index in [1.807, 2.05) is 18.2 Å². The van der Waals surface area contributed by atoms with E-state index < -0.39 is 5.97 Å². The van der Waals surface area contributed by atoms with Gasteiger partial charge in [-0.15, -0.1) is 0 Å². The lowest BCUT2D eigenvalue weighted by atomic mass is 10.1. The molecule has 142 valence electrons. The van der Waals surface area contributed by atoms with E-state index in [4.69, 9.17) is 19.1 Å². The van der Waals surface area contributed by atoms with Crippen LogP contribution in [-0.4, -0.2) is 46.8 Å². The zero-order valence-electron chi connectivity index (χ0n) is 15.0. The summed E-state index contributed by atoms with van der Waals surface area (Å²) in [5.41, 5.74) is 3.03. The van der Waals surface area contributed by atoms with Crippen molar-refractivity contribution in [3.63, 3.8) is 0 Å². The second-order valence-corrected chi connectivity index (χ2v) is 6.08. The molecule has 28 heavy (non-hydrogen) atoms. The summed E-state index contributed by atoms with van der Waals surface area (Å²) in [4.78, 5) is 11.0. The van der Waals surface area contributed by atoms with E-state index in [9.17, 15) is 4.79 Å². The van der Waals surface area contributed by atoms with E-state index in [2.05, 4.69) is 15.4 Å². The van der Waals surface area contributed by atoms with Crippen molar-refractivity contribution >= 4 is 16.9 Å². The van der Waals surface area contributed by atoms with Crippen LogP contribution >= 0.6 is 0 Å². The van der Waals surface area contributed by atoms with Gasteiger partial charge in [-0.2, -0.15) is 5.10 Å². The highest BCUT2D eigenvalue weighted by Gasteiger charge is 2.15. The molecule has 0 saturated heterocycles. The highest BCUT2D eigenvalue weighted by Crippen LogP contribution is 2.31. The molecule has 2 heterocycles. The second-order valence-electron chi connectivity index (χ2n) is 6.08. The van der Waals surface area contributed by atoms with Crippen LogP contribution in [0.4, 0.5) is 0 Å². The maximum atomic E-state index is 11.0. The summed E-state index contributed by atoms with van der Waals surface area (Å²) in [6.45, 7) is 0.982. The number of carbonyl (C=O) groups is 1. The Kier molecular flexibility index (Phi) is 4.77. The summed E-state index contributed by atoms with van der Waals surface area (Å²) in [5, 5.41) is 21.3. The van der Waals surface area contributed by atoms with E-state index >= 15 is 0 Å². The van der Waals surface area contributed by atoms with Crippen LogP contribution in [0.1, 0.15) is 10.4 Å². The molecule has 8 nitrogen and oxygen atoms in total. The Hall–Kier alpha value is -3.65. The van der Waals surface area contributed by atoms with Gasteiger partial charge in [0.05, 0.1) is 17.7 Å². The van der Waals surface area contributed by atoms with Crippen molar-refractivity contribution < 1.29 is 23.9 Å². The van der Waals surface area contributed by atoms with Gasteiger partial charge in [-0.25, -0.2) is 4.79 Å². The number of methoxy groups -OCH3 is 1. The fourth-order valence-corrected chi connectivity index (χ4v) is 2.83. The first kappa shape index (κ1) is 17.7. The van der Waals surface area contributed by atoms with Crippen molar-refractivity contribution in [2.75, 3.05) is 20.3 Å². The quantitative estimate of drug-likeness (QED) is 0.472. The van der Waals surface area contributed by atoms with Crippen LogP contribution in [0, 0.1) is 0 Å². The van der Waals surface area contributed by atoms with Crippen LogP contribution in [0.25, 0.3) is 33.6 Å². The summed E-state index contributed by atoms with van der Waals surface area (Å²) < 4.78 is 16.0. The molecule has 0 fully saturated rings. The molecule has 0 radical (unpaired) electrons. The van der Waals surface area contributed by atoms with Gasteiger partial charge in [-0.05, 0) is 24.3 Å². The molecule has 0 aliphatic carbocycles. The smallest absolute Gasteiger partial charge is 0.335 e. The van der Waals surface area contributed by atoms with E-state index in [-0.39, 0.29) is 5.56 Å². The Labute approximate surface area is 159 Å². The predicted molar refractivity (Wildman–Crippen MR) is 101 cm³/mol. The molecular formula is C20H17N3O5. The van der Waals surface area contributed by atoms with Gasteiger partial charge in [0, 0.05) is 30.2 Å². The standard InChI is InChI=1S/C20H17N3O5/c1-26-8-9-27-14-6-7-15-17(10-14)21-22-19(15)18-11-16(23-28-18)12-2-4-13(5-3-12)20(24)25/h2-7,10-11H,8-9H2,1H3,(H,21,22)(H,24,25). The summed E-state index contributed by atoms with van der Waals surface area (Å²) in [6.07, 6.45) is 0. The number of ether oxygens (including phenoxy) is 2. The average Bonchev–Trinajstić information content (AvgIpc) is 3.35. The lowest BCUT2D eigenvalue weighted by molar-refractivity contribution is 0.0697. The molecule has 0 aliphatic rings. The maximum Gasteiger partial charge on any atom is 0.335 e. The molecule has 2 aromatic heterocycles. The highest BCUT2D eigenvalue weighted by atomic mass is 16.5. The summed E-state index contributed by atoms with van der Waals surface area (Å²) >= 11 is 0. The van der Waals surface area contributed by atoms with Crippen molar-refractivity contribution in [1.82, 2.24) is 15.4 Å². The van der Waals surface area contributed by atoms with E-state index in [1.54, 1.807) is 25.3 Å². The van der Waals surface area contributed by atoms with Crippen LogP contribution in [-0.2, 0) is 4.74 Å². The number of fused-ring (bicyclic) bond motifs is 1. The largest absolute Gasteiger partial charge is 0.491 e. The number of rotatable bonds is 7. The summed E-state index contributed by atoms with van der Waals surface area (Å²) in [7, 11) is 1.62. The van der Waals surface area contributed by atoms with Gasteiger partial charge in [0.15, 0.2) is 5.76 Å². The van der Waals surface area contributed by atoms with Crippen LogP contribution in [0.3, 0.4) is 0 Å². The number of nitrogens with zero attached hydrogens (tertiary/aromatic N) is 2. The van der Waals surface area contributed by atoms with Crippen LogP contribution in [0.2, 0.25) is 0 Å². The zero-order valence-corrected chi connectivity index (χ0v) is 15.0. The van der Waals surface area contributed by atoms with Gasteiger partial charge in [0.1, 0.15) is 23.7 Å². The third-order valence-corrected chi connectivity index (χ3v) is 4.26. The lowest BCUT2D eigenvalue weighted by Gasteiger charge is -2.04. The van der Waals surface area contributed by atoms with Gasteiger partial charge in [0.2, 0.25) is 0 Å². The molecule has 2 aromatic carbocycles. The van der Waals surface area contributed by atoms with Crippen molar-refractivity contribution in [1.29, 1.82) is 0 Å². The minimum atomic E-state index is -0.971. The van der Waals surface area contributed by atoms with Crippen molar-refractivity contribution in [3.05, 3.63) is 54.1 Å². The summed E-state index contributed by atoms with van der Waals surface area (Å²) in [6, 6.07) is 13.8. The Balaban J connectivity index is 1.59. The maximum absolute atomic E-state index is 11.0. The molecule has 8 heteroatoms. The van der Waals surface area contributed by atoms with E-state index in [0.717, 1.165) is 22.2 Å². The number of benzene rings is 2. The normalized spacial score (nSPS) is 11.0. The van der Waals surface area contributed by atoms with Gasteiger partial charge < -0.3 is 19.1 Å². The predicted octanol–water partition coefficient (Wildman–Crippen LogP) is 3.61. The summed E-state index contributed by atoms with van der Waals surface area (Å²) in [5.74, 6) is 0.258. The number of hydrogen-bond donors (Lipinski definition) is 2. The third-order valence-electron chi connectivity index (χ3n) is 4.26. The van der Waals surface area contributed by atoms with E-state index in [0.29, 0.717) is 30.4 Å². The van der Waals surface area contributed by atoms with Crippen molar-refractivity contribution in [2.45, 2.75) is 0 Å². The Morgan fingerprint density at radius 3 is 2.71 bits per heavy atom. The van der Waals surface area contributed by atoms with Gasteiger partial charge in [-0.3, -0.25) is 5.10 Å². The van der Waals surface area contributed by atoms with Gasteiger partial charge in [-0.1, -0.05) is 17.3 Å². The number of nitrogens with one attached hydrogen (secondary N) is 1. The number of carboxylic acids is 1. The fraction of sp³-hybridized carbons (Fsp3) is 0.150. The first-order valence-corrected chi connectivity index (χ1v) is 8.56. The molecule has 0 aliphatic heterocycles. The van der Waals surface area contributed by atoms with E-state index in [1.165, 1.54) is 12.1 Å². The fourth-order valence-electron chi connectivity index (χ4n) is 2.83. The zero-order chi connectivity index (χ0) is 19.5. The van der Waals surface area contributed by atoms with Gasteiger partial charge >= 0.3 is 5.97 Å².